The number of nitrogens with zero attached hydrogens (tertiary/aromatic N) is 1. The van der Waals surface area contributed by atoms with Crippen LogP contribution in [0.1, 0.15) is 0 Å². The maximum Gasteiger partial charge on any atom is 0.288 e. The largest absolute Gasteiger partial charge is 0.445 e. The van der Waals surface area contributed by atoms with Crippen LogP contribution in [0.3, 0.4) is 0 Å². The van der Waals surface area contributed by atoms with Gasteiger partial charge in [0.15, 0.2) is 5.22 Å². The average molecular weight is 212 g/mol. The Labute approximate surface area is 83.5 Å². The maximum absolute atomic E-state index is 11.1. The van der Waals surface area contributed by atoms with Crippen molar-refractivity contribution in [1.29, 1.82) is 0 Å². The molecule has 0 aliphatic carbocycles. The first kappa shape index (κ1) is 8.83. The summed E-state index contributed by atoms with van der Waals surface area (Å²) in [5, 5.41) is 6.06. The molecule has 0 aromatic carbocycles. The van der Waals surface area contributed by atoms with Crippen molar-refractivity contribution in [2.75, 3.05) is 5.73 Å². The summed E-state index contributed by atoms with van der Waals surface area (Å²) in [5.41, 5.74) is 5.58. The topological polar surface area (TPSA) is 84.9 Å². The number of H-pyrrole nitrogens is 1. The van der Waals surface area contributed by atoms with E-state index in [1.807, 2.05) is 0 Å². The molecule has 0 amide bonds. The number of rotatable bonds is 1. The molecule has 0 saturated heterocycles. The third kappa shape index (κ3) is 1.38. The van der Waals surface area contributed by atoms with Crippen LogP contribution in [-0.4, -0.2) is 10.2 Å². The molecule has 0 radical (unpaired) electrons. The van der Waals surface area contributed by atoms with Crippen LogP contribution in [0.4, 0.5) is 5.69 Å². The minimum Gasteiger partial charge on any atom is -0.445 e. The van der Waals surface area contributed by atoms with Crippen molar-refractivity contribution < 1.29 is 4.42 Å². The molecule has 72 valence electrons. The Bertz CT molecular complexity index is 517. The fourth-order valence-corrected chi connectivity index (χ4v) is 1.21. The van der Waals surface area contributed by atoms with Gasteiger partial charge in [0.05, 0.1) is 11.8 Å². The number of furan rings is 1. The van der Waals surface area contributed by atoms with Crippen LogP contribution < -0.4 is 11.3 Å². The lowest BCUT2D eigenvalue weighted by Crippen LogP contribution is -2.13. The summed E-state index contributed by atoms with van der Waals surface area (Å²) in [4.78, 5) is 11.1. The van der Waals surface area contributed by atoms with Crippen molar-refractivity contribution in [1.82, 2.24) is 10.2 Å². The van der Waals surface area contributed by atoms with Gasteiger partial charge in [-0.3, -0.25) is 4.79 Å². The summed E-state index contributed by atoms with van der Waals surface area (Å²) in [6, 6.07) is 3.19. The van der Waals surface area contributed by atoms with E-state index in [1.54, 1.807) is 12.1 Å². The van der Waals surface area contributed by atoms with E-state index in [2.05, 4.69) is 10.2 Å². The monoisotopic (exact) mass is 211 g/mol. The van der Waals surface area contributed by atoms with Gasteiger partial charge in [-0.1, -0.05) is 0 Å². The predicted octanol–water partition coefficient (Wildman–Crippen LogP) is 1.27. The first-order valence-electron chi connectivity index (χ1n) is 3.77. The summed E-state index contributed by atoms with van der Waals surface area (Å²) in [6.07, 6.45) is 1.41. The summed E-state index contributed by atoms with van der Waals surface area (Å²) in [7, 11) is 0. The standard InChI is InChI=1S/C8H6ClN3O2/c9-6-2-1-5(14-6)4-3-11-12-8(13)7(4)10/h1-3H,(H2,10,11)(H,12,13). The van der Waals surface area contributed by atoms with E-state index in [-0.39, 0.29) is 10.9 Å². The van der Waals surface area contributed by atoms with E-state index in [4.69, 9.17) is 21.8 Å². The molecule has 0 aliphatic rings. The maximum atomic E-state index is 11.1. The summed E-state index contributed by atoms with van der Waals surface area (Å²) < 4.78 is 5.10. The molecule has 14 heavy (non-hydrogen) atoms. The third-order valence-electron chi connectivity index (χ3n) is 1.73. The second-order valence-corrected chi connectivity index (χ2v) is 3.00. The number of nitrogen functional groups attached to an aromatic ring is 1. The number of hydrogen-bond donors (Lipinski definition) is 2. The molecule has 2 aromatic rings. The van der Waals surface area contributed by atoms with Crippen molar-refractivity contribution in [3.05, 3.63) is 33.9 Å². The van der Waals surface area contributed by atoms with Gasteiger partial charge in [-0.25, -0.2) is 5.10 Å². The Morgan fingerprint density at radius 3 is 2.93 bits per heavy atom. The molecule has 0 aliphatic heterocycles. The van der Waals surface area contributed by atoms with Gasteiger partial charge in [-0.2, -0.15) is 5.10 Å². The molecule has 5 nitrogen and oxygen atoms in total. The van der Waals surface area contributed by atoms with E-state index in [0.29, 0.717) is 11.3 Å². The van der Waals surface area contributed by atoms with Crippen molar-refractivity contribution in [2.24, 2.45) is 0 Å². The second kappa shape index (κ2) is 3.19. The van der Waals surface area contributed by atoms with Crippen molar-refractivity contribution in [3.8, 4) is 11.3 Å². The average Bonchev–Trinajstić information content (AvgIpc) is 2.57. The molecule has 0 atom stereocenters. The van der Waals surface area contributed by atoms with E-state index < -0.39 is 5.56 Å². The lowest BCUT2D eigenvalue weighted by Gasteiger charge is -1.98. The molecular weight excluding hydrogens is 206 g/mol. The fourth-order valence-electron chi connectivity index (χ4n) is 1.06. The first-order valence-corrected chi connectivity index (χ1v) is 4.15. The highest BCUT2D eigenvalue weighted by atomic mass is 35.5. The highest BCUT2D eigenvalue weighted by Crippen LogP contribution is 2.26. The highest BCUT2D eigenvalue weighted by molar-refractivity contribution is 6.29. The molecule has 0 unspecified atom stereocenters. The van der Waals surface area contributed by atoms with Crippen LogP contribution in [0.5, 0.6) is 0 Å². The zero-order chi connectivity index (χ0) is 10.1. The molecule has 2 rings (SSSR count). The number of aromatic nitrogens is 2. The van der Waals surface area contributed by atoms with E-state index in [9.17, 15) is 4.79 Å². The van der Waals surface area contributed by atoms with Crippen molar-refractivity contribution in [3.63, 3.8) is 0 Å². The number of halogens is 1. The van der Waals surface area contributed by atoms with Crippen LogP contribution >= 0.6 is 11.6 Å². The smallest absolute Gasteiger partial charge is 0.288 e. The second-order valence-electron chi connectivity index (χ2n) is 2.63. The van der Waals surface area contributed by atoms with Crippen LogP contribution in [0.25, 0.3) is 11.3 Å². The predicted molar refractivity (Wildman–Crippen MR) is 52.0 cm³/mol. The van der Waals surface area contributed by atoms with Crippen LogP contribution in [0, 0.1) is 0 Å². The first-order chi connectivity index (χ1) is 6.68. The van der Waals surface area contributed by atoms with Gasteiger partial charge in [0, 0.05) is 0 Å². The lowest BCUT2D eigenvalue weighted by atomic mass is 10.2. The molecule has 0 bridgehead atoms. The normalized spacial score (nSPS) is 10.4. The fraction of sp³-hybridized carbons (Fsp3) is 0. The van der Waals surface area contributed by atoms with Crippen LogP contribution in [-0.2, 0) is 0 Å². The summed E-state index contributed by atoms with van der Waals surface area (Å²) in [5.74, 6) is 0.422. The Hall–Kier alpha value is -1.75. The van der Waals surface area contributed by atoms with Crippen molar-refractivity contribution in [2.45, 2.75) is 0 Å². The summed E-state index contributed by atoms with van der Waals surface area (Å²) >= 11 is 5.59. The number of hydrogen-bond acceptors (Lipinski definition) is 4. The number of nitrogens with one attached hydrogen (secondary N) is 1. The molecule has 0 saturated carbocycles. The molecule has 3 N–H and O–H groups in total. The Morgan fingerprint density at radius 1 is 1.50 bits per heavy atom. The van der Waals surface area contributed by atoms with Gasteiger partial charge in [0.1, 0.15) is 11.4 Å². The quantitative estimate of drug-likeness (QED) is 0.744. The molecule has 2 aromatic heterocycles. The third-order valence-corrected chi connectivity index (χ3v) is 1.94. The van der Waals surface area contributed by atoms with Crippen LogP contribution in [0.2, 0.25) is 5.22 Å². The molecule has 0 fully saturated rings. The van der Waals surface area contributed by atoms with Gasteiger partial charge in [0.25, 0.3) is 5.56 Å². The highest BCUT2D eigenvalue weighted by Gasteiger charge is 2.09. The van der Waals surface area contributed by atoms with Gasteiger partial charge in [0.2, 0.25) is 0 Å². The number of anilines is 1. The minimum atomic E-state index is -0.449. The summed E-state index contributed by atoms with van der Waals surface area (Å²) in [6.45, 7) is 0. The Kier molecular flexibility index (Phi) is 2.01. The Balaban J connectivity index is 2.63. The van der Waals surface area contributed by atoms with E-state index in [1.165, 1.54) is 6.20 Å². The zero-order valence-corrected chi connectivity index (χ0v) is 7.71. The van der Waals surface area contributed by atoms with Gasteiger partial charge in [-0.05, 0) is 23.7 Å². The van der Waals surface area contributed by atoms with Crippen LogP contribution in [0.15, 0.2) is 27.5 Å². The van der Waals surface area contributed by atoms with E-state index in [0.717, 1.165) is 0 Å². The SMILES string of the molecule is Nc1c(-c2ccc(Cl)o2)cn[nH]c1=O. The van der Waals surface area contributed by atoms with Gasteiger partial charge >= 0.3 is 0 Å². The van der Waals surface area contributed by atoms with Crippen molar-refractivity contribution >= 4 is 17.3 Å². The minimum absolute atomic E-state index is 0.0611. The Morgan fingerprint density at radius 2 is 2.29 bits per heavy atom. The van der Waals surface area contributed by atoms with Gasteiger partial charge < -0.3 is 10.2 Å². The molecule has 6 heteroatoms. The van der Waals surface area contributed by atoms with Gasteiger partial charge in [-0.15, -0.1) is 0 Å². The molecular formula is C8H6ClN3O2. The zero-order valence-electron chi connectivity index (χ0n) is 6.95. The number of aromatic amines is 1. The van der Waals surface area contributed by atoms with E-state index >= 15 is 0 Å². The molecule has 2 heterocycles. The lowest BCUT2D eigenvalue weighted by molar-refractivity contribution is 0.584. The molecule has 0 spiro atoms. The number of nitrogens with two attached hydrogens (primary N) is 1.